The second-order valence-electron chi connectivity index (χ2n) is 5.15. The van der Waals surface area contributed by atoms with Gasteiger partial charge in [-0.25, -0.2) is 8.78 Å². The molecule has 1 aromatic heterocycles. The normalized spacial score (nSPS) is 13.0. The predicted octanol–water partition coefficient (Wildman–Crippen LogP) is 5.95. The first-order chi connectivity index (χ1) is 9.79. The summed E-state index contributed by atoms with van der Waals surface area (Å²) in [6.07, 6.45) is 0. The van der Waals surface area contributed by atoms with Crippen LogP contribution in [0.1, 0.15) is 35.9 Å². The SMILES string of the molecule is Cc1cc(C(NC(C)C)c2cc(Br)c(Br)s2)c(F)cc1F. The minimum Gasteiger partial charge on any atom is -0.303 e. The lowest BCUT2D eigenvalue weighted by molar-refractivity contribution is 0.500. The third-order valence-corrected chi connectivity index (χ3v) is 6.36. The molecule has 0 saturated carbocycles. The molecule has 1 atom stereocenters. The number of hydrogen-bond acceptors (Lipinski definition) is 2. The van der Waals surface area contributed by atoms with Crippen molar-refractivity contribution >= 4 is 43.2 Å². The number of thiophene rings is 1. The molecule has 114 valence electrons. The maximum atomic E-state index is 14.2. The summed E-state index contributed by atoms with van der Waals surface area (Å²) in [5, 5.41) is 3.35. The third kappa shape index (κ3) is 3.92. The maximum absolute atomic E-state index is 14.2. The van der Waals surface area contributed by atoms with Crippen molar-refractivity contribution in [3.05, 3.63) is 54.1 Å². The summed E-state index contributed by atoms with van der Waals surface area (Å²) in [5.74, 6) is -1.05. The van der Waals surface area contributed by atoms with Gasteiger partial charge < -0.3 is 5.32 Å². The summed E-state index contributed by atoms with van der Waals surface area (Å²) >= 11 is 8.43. The van der Waals surface area contributed by atoms with E-state index in [1.165, 1.54) is 11.3 Å². The molecule has 6 heteroatoms. The van der Waals surface area contributed by atoms with E-state index in [1.807, 2.05) is 19.9 Å². The number of aryl methyl sites for hydroxylation is 1. The van der Waals surface area contributed by atoms with Gasteiger partial charge in [-0.15, -0.1) is 11.3 Å². The van der Waals surface area contributed by atoms with Crippen LogP contribution in [0.5, 0.6) is 0 Å². The van der Waals surface area contributed by atoms with Crippen LogP contribution in [0, 0.1) is 18.6 Å². The van der Waals surface area contributed by atoms with Gasteiger partial charge in [0.2, 0.25) is 0 Å². The van der Waals surface area contributed by atoms with Crippen molar-refractivity contribution in [2.75, 3.05) is 0 Å². The van der Waals surface area contributed by atoms with E-state index in [2.05, 4.69) is 37.2 Å². The van der Waals surface area contributed by atoms with Crippen LogP contribution in [-0.4, -0.2) is 6.04 Å². The molecule has 0 aliphatic heterocycles. The van der Waals surface area contributed by atoms with Crippen LogP contribution in [0.15, 0.2) is 26.5 Å². The second kappa shape index (κ2) is 6.86. The van der Waals surface area contributed by atoms with E-state index in [-0.39, 0.29) is 12.1 Å². The van der Waals surface area contributed by atoms with Crippen LogP contribution in [0.2, 0.25) is 0 Å². The highest BCUT2D eigenvalue weighted by atomic mass is 79.9. The Morgan fingerprint density at radius 1 is 1.10 bits per heavy atom. The van der Waals surface area contributed by atoms with Gasteiger partial charge in [0.05, 0.1) is 9.83 Å². The zero-order chi connectivity index (χ0) is 15.7. The van der Waals surface area contributed by atoms with Gasteiger partial charge >= 0.3 is 0 Å². The Morgan fingerprint density at radius 3 is 2.29 bits per heavy atom. The van der Waals surface area contributed by atoms with Crippen molar-refractivity contribution in [1.82, 2.24) is 5.32 Å². The molecule has 0 aliphatic rings. The lowest BCUT2D eigenvalue weighted by Crippen LogP contribution is -2.29. The van der Waals surface area contributed by atoms with Crippen molar-refractivity contribution in [2.24, 2.45) is 0 Å². The second-order valence-corrected chi connectivity index (χ2v) is 8.40. The molecule has 2 rings (SSSR count). The number of rotatable bonds is 4. The highest BCUT2D eigenvalue weighted by Crippen LogP contribution is 2.38. The molecule has 0 amide bonds. The Hall–Kier alpha value is -0.300. The van der Waals surface area contributed by atoms with E-state index in [0.29, 0.717) is 11.1 Å². The van der Waals surface area contributed by atoms with Crippen LogP contribution in [0.4, 0.5) is 8.78 Å². The molecule has 0 aliphatic carbocycles. The van der Waals surface area contributed by atoms with Gasteiger partial charge in [-0.2, -0.15) is 0 Å². The molecule has 0 bridgehead atoms. The molecule has 21 heavy (non-hydrogen) atoms. The lowest BCUT2D eigenvalue weighted by atomic mass is 10.0. The maximum Gasteiger partial charge on any atom is 0.131 e. The molecule has 1 unspecified atom stereocenters. The molecular weight excluding hydrogens is 424 g/mol. The summed E-state index contributed by atoms with van der Waals surface area (Å²) in [4.78, 5) is 0.965. The summed E-state index contributed by atoms with van der Waals surface area (Å²) < 4.78 is 29.6. The van der Waals surface area contributed by atoms with Gasteiger partial charge in [0.1, 0.15) is 11.6 Å². The Labute approximate surface area is 144 Å². The molecule has 1 aromatic carbocycles. The number of benzene rings is 1. The van der Waals surface area contributed by atoms with E-state index in [0.717, 1.165) is 19.2 Å². The predicted molar refractivity (Wildman–Crippen MR) is 90.9 cm³/mol. The van der Waals surface area contributed by atoms with E-state index in [4.69, 9.17) is 0 Å². The van der Waals surface area contributed by atoms with Gasteiger partial charge in [-0.3, -0.25) is 0 Å². The quantitative estimate of drug-likeness (QED) is 0.622. The van der Waals surface area contributed by atoms with Crippen LogP contribution in [0.25, 0.3) is 0 Å². The Morgan fingerprint density at radius 2 is 1.76 bits per heavy atom. The van der Waals surface area contributed by atoms with Crippen molar-refractivity contribution in [2.45, 2.75) is 32.9 Å². The largest absolute Gasteiger partial charge is 0.303 e. The molecule has 1 nitrogen and oxygen atoms in total. The summed E-state index contributed by atoms with van der Waals surface area (Å²) in [5.41, 5.74) is 0.903. The van der Waals surface area contributed by atoms with Gasteiger partial charge in [0.25, 0.3) is 0 Å². The fourth-order valence-corrected chi connectivity index (χ4v) is 4.23. The highest BCUT2D eigenvalue weighted by molar-refractivity contribution is 9.13. The number of halogens is 4. The molecule has 2 aromatic rings. The summed E-state index contributed by atoms with van der Waals surface area (Å²) in [6.45, 7) is 5.64. The van der Waals surface area contributed by atoms with Crippen LogP contribution in [-0.2, 0) is 0 Å². The zero-order valence-electron chi connectivity index (χ0n) is 11.8. The Kier molecular flexibility index (Phi) is 5.57. The third-order valence-electron chi connectivity index (χ3n) is 3.04. The van der Waals surface area contributed by atoms with E-state index < -0.39 is 11.6 Å². The molecular formula is C15H15Br2F2NS. The highest BCUT2D eigenvalue weighted by Gasteiger charge is 2.23. The van der Waals surface area contributed by atoms with Crippen LogP contribution >= 0.6 is 43.2 Å². The standard InChI is InChI=1S/C15H15Br2F2NS/c1-7(2)20-14(13-5-10(16)15(17)21-13)9-4-8(3)11(18)6-12(9)19/h4-7,14,20H,1-3H3. The van der Waals surface area contributed by atoms with Gasteiger partial charge in [-0.1, -0.05) is 0 Å². The first-order valence-corrected chi connectivity index (χ1v) is 8.86. The average molecular weight is 439 g/mol. The molecule has 0 fully saturated rings. The van der Waals surface area contributed by atoms with Crippen molar-refractivity contribution < 1.29 is 8.78 Å². The molecule has 0 spiro atoms. The van der Waals surface area contributed by atoms with Crippen LogP contribution < -0.4 is 5.32 Å². The van der Waals surface area contributed by atoms with Crippen molar-refractivity contribution in [3.8, 4) is 0 Å². The van der Waals surface area contributed by atoms with Crippen molar-refractivity contribution in [1.29, 1.82) is 0 Å². The average Bonchev–Trinajstić information content (AvgIpc) is 2.71. The van der Waals surface area contributed by atoms with Crippen LogP contribution in [0.3, 0.4) is 0 Å². The van der Waals surface area contributed by atoms with E-state index >= 15 is 0 Å². The fourth-order valence-electron chi connectivity index (χ4n) is 2.06. The van der Waals surface area contributed by atoms with Crippen molar-refractivity contribution in [3.63, 3.8) is 0 Å². The first kappa shape index (κ1) is 17.1. The molecule has 0 radical (unpaired) electrons. The molecule has 1 N–H and O–H groups in total. The van der Waals surface area contributed by atoms with Gasteiger partial charge in [0, 0.05) is 27.0 Å². The van der Waals surface area contributed by atoms with E-state index in [9.17, 15) is 8.78 Å². The lowest BCUT2D eigenvalue weighted by Gasteiger charge is -2.22. The van der Waals surface area contributed by atoms with Gasteiger partial charge in [-0.05, 0) is 70.3 Å². The Bertz CT molecular complexity index is 636. The summed E-state index contributed by atoms with van der Waals surface area (Å²) in [6, 6.07) is 4.34. The van der Waals surface area contributed by atoms with Gasteiger partial charge in [0.15, 0.2) is 0 Å². The molecule has 0 saturated heterocycles. The molecule has 1 heterocycles. The smallest absolute Gasteiger partial charge is 0.131 e. The minimum atomic E-state index is -0.531. The first-order valence-electron chi connectivity index (χ1n) is 6.46. The summed E-state index contributed by atoms with van der Waals surface area (Å²) in [7, 11) is 0. The number of hydrogen-bond donors (Lipinski definition) is 1. The minimum absolute atomic E-state index is 0.166. The Balaban J connectivity index is 2.52. The topological polar surface area (TPSA) is 12.0 Å². The van der Waals surface area contributed by atoms with E-state index in [1.54, 1.807) is 13.0 Å². The fraction of sp³-hybridized carbons (Fsp3) is 0.333. The monoisotopic (exact) mass is 437 g/mol. The zero-order valence-corrected chi connectivity index (χ0v) is 15.8. The number of nitrogens with one attached hydrogen (secondary N) is 1.